The van der Waals surface area contributed by atoms with E-state index in [0.29, 0.717) is 12.1 Å². The summed E-state index contributed by atoms with van der Waals surface area (Å²) in [6, 6.07) is 4.24. The molecule has 1 atom stereocenters. The summed E-state index contributed by atoms with van der Waals surface area (Å²) >= 11 is 5.94. The molecule has 0 saturated carbocycles. The minimum absolute atomic E-state index is 0.131. The van der Waals surface area contributed by atoms with Gasteiger partial charge >= 0.3 is 0 Å². The molecule has 0 aliphatic carbocycles. The molecule has 1 aromatic rings. The number of ether oxygens (including phenoxy) is 1. The van der Waals surface area contributed by atoms with Gasteiger partial charge < -0.3 is 10.1 Å². The molecular weight excluding hydrogens is 245 g/mol. The van der Waals surface area contributed by atoms with Crippen LogP contribution in [0.4, 0.5) is 4.39 Å². The molecule has 17 heavy (non-hydrogen) atoms. The first-order valence-electron chi connectivity index (χ1n) is 5.35. The Morgan fingerprint density at radius 1 is 1.59 bits per heavy atom. The second-order valence-electron chi connectivity index (χ2n) is 3.55. The van der Waals surface area contributed by atoms with E-state index in [1.807, 2.05) is 6.92 Å². The third kappa shape index (κ3) is 3.60. The number of nitrogens with one attached hydrogen (secondary N) is 1. The summed E-state index contributed by atoms with van der Waals surface area (Å²) in [6.07, 6.45) is 0.826. The van der Waals surface area contributed by atoms with Crippen LogP contribution in [0.1, 0.15) is 24.3 Å². The van der Waals surface area contributed by atoms with Crippen molar-refractivity contribution in [2.24, 2.45) is 0 Å². The predicted octanol–water partition coefficient (Wildman–Crippen LogP) is 2.64. The lowest BCUT2D eigenvalue weighted by atomic mass is 10.1. The summed E-state index contributed by atoms with van der Waals surface area (Å²) in [6.45, 7) is 2.50. The third-order valence-electron chi connectivity index (χ3n) is 2.25. The van der Waals surface area contributed by atoms with Gasteiger partial charge in [0.25, 0.3) is 0 Å². The molecule has 0 aromatic heterocycles. The number of carbonyl (C=O) groups excluding carboxylic acids is 1. The number of rotatable bonds is 5. The van der Waals surface area contributed by atoms with Gasteiger partial charge in [0.2, 0.25) is 5.91 Å². The van der Waals surface area contributed by atoms with E-state index in [1.165, 1.54) is 19.2 Å². The zero-order valence-corrected chi connectivity index (χ0v) is 10.6. The van der Waals surface area contributed by atoms with E-state index in [4.69, 9.17) is 16.3 Å². The highest BCUT2D eigenvalue weighted by Gasteiger charge is 2.18. The maximum atomic E-state index is 13.4. The van der Waals surface area contributed by atoms with E-state index < -0.39 is 11.2 Å². The van der Waals surface area contributed by atoms with Gasteiger partial charge in [-0.05, 0) is 24.1 Å². The molecule has 3 nitrogen and oxygen atoms in total. The van der Waals surface area contributed by atoms with E-state index in [9.17, 15) is 9.18 Å². The van der Waals surface area contributed by atoms with Crippen LogP contribution >= 0.6 is 11.6 Å². The standard InChI is InChI=1S/C12H15ClFNO2/c1-3-6-15-12(16)11(13)8-4-5-10(17-2)9(14)7-8/h4-5,7,11H,3,6H2,1-2H3,(H,15,16). The molecule has 1 rings (SSSR count). The fraction of sp³-hybridized carbons (Fsp3) is 0.417. The average Bonchev–Trinajstić information content (AvgIpc) is 2.34. The van der Waals surface area contributed by atoms with Crippen molar-refractivity contribution in [1.29, 1.82) is 0 Å². The number of amides is 1. The second-order valence-corrected chi connectivity index (χ2v) is 3.98. The van der Waals surface area contributed by atoms with Crippen LogP contribution in [0.15, 0.2) is 18.2 Å². The summed E-state index contributed by atoms with van der Waals surface area (Å²) in [5.74, 6) is -0.719. The minimum Gasteiger partial charge on any atom is -0.494 e. The monoisotopic (exact) mass is 259 g/mol. The first-order valence-corrected chi connectivity index (χ1v) is 5.79. The summed E-state index contributed by atoms with van der Waals surface area (Å²) in [5.41, 5.74) is 0.415. The normalized spacial score (nSPS) is 12.0. The van der Waals surface area contributed by atoms with Gasteiger partial charge in [0.15, 0.2) is 11.6 Å². The molecule has 1 amide bonds. The molecule has 0 bridgehead atoms. The molecule has 0 radical (unpaired) electrons. The molecule has 94 valence electrons. The number of hydrogen-bond acceptors (Lipinski definition) is 2. The molecule has 1 unspecified atom stereocenters. The largest absolute Gasteiger partial charge is 0.494 e. The van der Waals surface area contributed by atoms with Crippen molar-refractivity contribution in [3.63, 3.8) is 0 Å². The zero-order valence-electron chi connectivity index (χ0n) is 9.80. The van der Waals surface area contributed by atoms with E-state index >= 15 is 0 Å². The van der Waals surface area contributed by atoms with Gasteiger partial charge in [-0.25, -0.2) is 4.39 Å². The molecule has 1 aromatic carbocycles. The lowest BCUT2D eigenvalue weighted by Crippen LogP contribution is -2.27. The van der Waals surface area contributed by atoms with E-state index in [1.54, 1.807) is 6.07 Å². The lowest BCUT2D eigenvalue weighted by Gasteiger charge is -2.11. The van der Waals surface area contributed by atoms with Crippen molar-refractivity contribution in [2.45, 2.75) is 18.7 Å². The number of benzene rings is 1. The number of methoxy groups -OCH3 is 1. The molecule has 0 saturated heterocycles. The van der Waals surface area contributed by atoms with E-state index in [2.05, 4.69) is 5.32 Å². The molecule has 0 aliphatic heterocycles. The predicted molar refractivity (Wildman–Crippen MR) is 64.8 cm³/mol. The highest BCUT2D eigenvalue weighted by atomic mass is 35.5. The molecule has 0 spiro atoms. The second kappa shape index (κ2) is 6.45. The van der Waals surface area contributed by atoms with Crippen LogP contribution in [-0.4, -0.2) is 19.6 Å². The van der Waals surface area contributed by atoms with Gasteiger partial charge in [-0.3, -0.25) is 4.79 Å². The van der Waals surface area contributed by atoms with Crippen molar-refractivity contribution in [3.05, 3.63) is 29.6 Å². The zero-order chi connectivity index (χ0) is 12.8. The summed E-state index contributed by atoms with van der Waals surface area (Å²) in [4.78, 5) is 11.6. The first kappa shape index (κ1) is 13.8. The maximum Gasteiger partial charge on any atom is 0.242 e. The molecule has 5 heteroatoms. The van der Waals surface area contributed by atoms with Crippen LogP contribution < -0.4 is 10.1 Å². The average molecular weight is 260 g/mol. The summed E-state index contributed by atoms with van der Waals surface area (Å²) in [5, 5.41) is 1.77. The smallest absolute Gasteiger partial charge is 0.242 e. The van der Waals surface area contributed by atoms with Crippen molar-refractivity contribution in [3.8, 4) is 5.75 Å². The van der Waals surface area contributed by atoms with Crippen LogP contribution in [0.3, 0.4) is 0 Å². The van der Waals surface area contributed by atoms with Crippen LogP contribution in [0.2, 0.25) is 0 Å². The third-order valence-corrected chi connectivity index (χ3v) is 2.70. The number of hydrogen-bond donors (Lipinski definition) is 1. The fourth-order valence-corrected chi connectivity index (χ4v) is 1.54. The van der Waals surface area contributed by atoms with Crippen LogP contribution in [-0.2, 0) is 4.79 Å². The Hall–Kier alpha value is -1.29. The van der Waals surface area contributed by atoms with Crippen molar-refractivity contribution in [1.82, 2.24) is 5.32 Å². The summed E-state index contributed by atoms with van der Waals surface area (Å²) < 4.78 is 18.2. The van der Waals surface area contributed by atoms with E-state index in [0.717, 1.165) is 6.42 Å². The Balaban J connectivity index is 2.78. The van der Waals surface area contributed by atoms with Crippen LogP contribution in [0.25, 0.3) is 0 Å². The van der Waals surface area contributed by atoms with Gasteiger partial charge in [-0.2, -0.15) is 0 Å². The van der Waals surface area contributed by atoms with Crippen LogP contribution in [0.5, 0.6) is 5.75 Å². The van der Waals surface area contributed by atoms with Gasteiger partial charge in [-0.15, -0.1) is 11.6 Å². The van der Waals surface area contributed by atoms with E-state index in [-0.39, 0.29) is 11.7 Å². The molecule has 0 fully saturated rings. The molecule has 0 aliphatic rings. The maximum absolute atomic E-state index is 13.4. The molecule has 0 heterocycles. The Labute approximate surface area is 105 Å². The topological polar surface area (TPSA) is 38.3 Å². The summed E-state index contributed by atoms with van der Waals surface area (Å²) in [7, 11) is 1.38. The highest BCUT2D eigenvalue weighted by Crippen LogP contribution is 2.25. The number of halogens is 2. The first-order chi connectivity index (χ1) is 8.10. The Bertz CT molecular complexity index is 398. The number of carbonyl (C=O) groups is 1. The minimum atomic E-state index is -0.887. The lowest BCUT2D eigenvalue weighted by molar-refractivity contribution is -0.120. The van der Waals surface area contributed by atoms with Crippen molar-refractivity contribution in [2.75, 3.05) is 13.7 Å². The Kier molecular flexibility index (Phi) is 5.22. The van der Waals surface area contributed by atoms with Crippen molar-refractivity contribution >= 4 is 17.5 Å². The quantitative estimate of drug-likeness (QED) is 0.826. The van der Waals surface area contributed by atoms with Crippen LogP contribution in [0, 0.1) is 5.82 Å². The van der Waals surface area contributed by atoms with Crippen molar-refractivity contribution < 1.29 is 13.9 Å². The van der Waals surface area contributed by atoms with Gasteiger partial charge in [0.1, 0.15) is 5.38 Å². The highest BCUT2D eigenvalue weighted by molar-refractivity contribution is 6.30. The number of alkyl halides is 1. The van der Waals surface area contributed by atoms with Gasteiger partial charge in [-0.1, -0.05) is 13.0 Å². The SMILES string of the molecule is CCCNC(=O)C(Cl)c1ccc(OC)c(F)c1. The molecular formula is C12H15ClFNO2. The Morgan fingerprint density at radius 3 is 2.82 bits per heavy atom. The van der Waals surface area contributed by atoms with Gasteiger partial charge in [0, 0.05) is 6.54 Å². The van der Waals surface area contributed by atoms with Gasteiger partial charge in [0.05, 0.1) is 7.11 Å². The molecule has 1 N–H and O–H groups in total. The Morgan fingerprint density at radius 2 is 2.29 bits per heavy atom. The fourth-order valence-electron chi connectivity index (χ4n) is 1.33.